The fraction of sp³-hybridized carbons (Fsp3) is 0.750. The fourth-order valence-corrected chi connectivity index (χ4v) is 3.22. The maximum Gasteiger partial charge on any atom is 0.183 e. The highest BCUT2D eigenvalue weighted by atomic mass is 16.1. The normalized spacial score (nSPS) is 24.4. The molecule has 0 unspecified atom stereocenters. The van der Waals surface area contributed by atoms with E-state index in [4.69, 9.17) is 0 Å². The van der Waals surface area contributed by atoms with Gasteiger partial charge in [0.2, 0.25) is 0 Å². The molecule has 1 aliphatic carbocycles. The van der Waals surface area contributed by atoms with E-state index in [-0.39, 0.29) is 5.92 Å². The van der Waals surface area contributed by atoms with Gasteiger partial charge in [0, 0.05) is 18.7 Å². The molecule has 0 atom stereocenters. The molecule has 19 heavy (non-hydrogen) atoms. The minimum Gasteiger partial charge on any atom is -0.292 e. The lowest BCUT2D eigenvalue weighted by Crippen LogP contribution is -2.29. The highest BCUT2D eigenvalue weighted by Crippen LogP contribution is 2.40. The number of Topliss-reactive ketones (excluding diaryl/α,β-unsaturated/α-hetero) is 1. The van der Waals surface area contributed by atoms with Gasteiger partial charge < -0.3 is 0 Å². The molecule has 0 aromatic carbocycles. The van der Waals surface area contributed by atoms with Crippen LogP contribution in [0.3, 0.4) is 0 Å². The van der Waals surface area contributed by atoms with E-state index in [0.29, 0.717) is 11.2 Å². The van der Waals surface area contributed by atoms with Crippen LogP contribution < -0.4 is 0 Å². The van der Waals surface area contributed by atoms with Crippen LogP contribution in [-0.4, -0.2) is 15.6 Å². The molecule has 1 saturated carbocycles. The van der Waals surface area contributed by atoms with Gasteiger partial charge in [-0.25, -0.2) is 0 Å². The molecule has 2 rings (SSSR count). The van der Waals surface area contributed by atoms with Crippen LogP contribution in [-0.2, 0) is 6.54 Å². The van der Waals surface area contributed by atoms with Gasteiger partial charge in [0.1, 0.15) is 5.69 Å². The van der Waals surface area contributed by atoms with Gasteiger partial charge >= 0.3 is 0 Å². The SMILES string of the molecule is CCn1nccc1C(=O)C1CCC(C(C)(C)C)CC1. The summed E-state index contributed by atoms with van der Waals surface area (Å²) in [5.74, 6) is 1.26. The topological polar surface area (TPSA) is 34.9 Å². The highest BCUT2D eigenvalue weighted by molar-refractivity contribution is 5.96. The van der Waals surface area contributed by atoms with Crippen molar-refractivity contribution in [3.8, 4) is 0 Å². The van der Waals surface area contributed by atoms with Crippen molar-refractivity contribution in [1.29, 1.82) is 0 Å². The molecule has 1 fully saturated rings. The predicted octanol–water partition coefficient (Wildman–Crippen LogP) is 3.94. The van der Waals surface area contributed by atoms with Gasteiger partial charge in [0.25, 0.3) is 0 Å². The van der Waals surface area contributed by atoms with Crippen LogP contribution in [0.15, 0.2) is 12.3 Å². The molecule has 1 aromatic rings. The Kier molecular flexibility index (Phi) is 4.12. The summed E-state index contributed by atoms with van der Waals surface area (Å²) in [5, 5.41) is 4.20. The second kappa shape index (κ2) is 5.48. The zero-order chi connectivity index (χ0) is 14.0. The Morgan fingerprint density at radius 3 is 2.47 bits per heavy atom. The molecule has 1 heterocycles. The fourth-order valence-electron chi connectivity index (χ4n) is 3.22. The van der Waals surface area contributed by atoms with Crippen molar-refractivity contribution in [2.45, 2.75) is 59.9 Å². The summed E-state index contributed by atoms with van der Waals surface area (Å²) in [6, 6.07) is 1.86. The van der Waals surface area contributed by atoms with Crippen molar-refractivity contribution in [1.82, 2.24) is 9.78 Å². The Morgan fingerprint density at radius 1 is 1.32 bits per heavy atom. The lowest BCUT2D eigenvalue weighted by molar-refractivity contribution is 0.0808. The van der Waals surface area contributed by atoms with Gasteiger partial charge in [0.15, 0.2) is 5.78 Å². The van der Waals surface area contributed by atoms with E-state index in [2.05, 4.69) is 25.9 Å². The molecule has 0 aliphatic heterocycles. The average Bonchev–Trinajstić information content (AvgIpc) is 2.85. The average molecular weight is 262 g/mol. The van der Waals surface area contributed by atoms with E-state index in [1.807, 2.05) is 17.7 Å². The first-order valence-corrected chi connectivity index (χ1v) is 7.49. The van der Waals surface area contributed by atoms with Crippen LogP contribution in [0.4, 0.5) is 0 Å². The van der Waals surface area contributed by atoms with Crippen LogP contribution in [0, 0.1) is 17.3 Å². The van der Waals surface area contributed by atoms with Crippen molar-refractivity contribution in [2.75, 3.05) is 0 Å². The minimum absolute atomic E-state index is 0.209. The molecular formula is C16H26N2O. The van der Waals surface area contributed by atoms with Gasteiger partial charge in [-0.1, -0.05) is 20.8 Å². The number of carbonyl (C=O) groups is 1. The van der Waals surface area contributed by atoms with E-state index in [0.717, 1.165) is 31.0 Å². The molecule has 1 aliphatic rings. The van der Waals surface area contributed by atoms with Crippen molar-refractivity contribution in [2.24, 2.45) is 17.3 Å². The molecule has 0 saturated heterocycles. The largest absolute Gasteiger partial charge is 0.292 e. The van der Waals surface area contributed by atoms with Crippen LogP contribution in [0.25, 0.3) is 0 Å². The Balaban J connectivity index is 2.00. The Morgan fingerprint density at radius 2 is 1.95 bits per heavy atom. The zero-order valence-electron chi connectivity index (χ0n) is 12.6. The highest BCUT2D eigenvalue weighted by Gasteiger charge is 2.33. The zero-order valence-corrected chi connectivity index (χ0v) is 12.6. The predicted molar refractivity (Wildman–Crippen MR) is 77.1 cm³/mol. The number of aromatic nitrogens is 2. The summed E-state index contributed by atoms with van der Waals surface area (Å²) in [7, 11) is 0. The summed E-state index contributed by atoms with van der Waals surface area (Å²) in [6.45, 7) is 9.73. The van der Waals surface area contributed by atoms with Gasteiger partial charge in [-0.15, -0.1) is 0 Å². The summed E-state index contributed by atoms with van der Waals surface area (Å²) in [6.07, 6.45) is 6.17. The van der Waals surface area contributed by atoms with Crippen LogP contribution in [0.2, 0.25) is 0 Å². The summed E-state index contributed by atoms with van der Waals surface area (Å²) in [5.41, 5.74) is 1.17. The monoisotopic (exact) mass is 262 g/mol. The number of ketones is 1. The Labute approximate surface area is 116 Å². The van der Waals surface area contributed by atoms with E-state index in [9.17, 15) is 4.79 Å². The summed E-state index contributed by atoms with van der Waals surface area (Å²) in [4.78, 5) is 12.5. The molecule has 0 N–H and O–H groups in total. The van der Waals surface area contributed by atoms with Crippen LogP contribution in [0.5, 0.6) is 0 Å². The van der Waals surface area contributed by atoms with E-state index >= 15 is 0 Å². The second-order valence-corrected chi connectivity index (χ2v) is 6.81. The first-order chi connectivity index (χ1) is 8.93. The smallest absolute Gasteiger partial charge is 0.183 e. The molecule has 0 spiro atoms. The first kappa shape index (κ1) is 14.3. The number of hydrogen-bond acceptors (Lipinski definition) is 2. The standard InChI is InChI=1S/C16H26N2O/c1-5-18-14(10-11-17-18)15(19)12-6-8-13(9-7-12)16(2,3)4/h10-13H,5-9H2,1-4H3. The molecule has 3 nitrogen and oxygen atoms in total. The van der Waals surface area contributed by atoms with Crippen LogP contribution in [0.1, 0.15) is 63.9 Å². The van der Waals surface area contributed by atoms with Gasteiger partial charge in [-0.3, -0.25) is 9.48 Å². The minimum atomic E-state index is 0.209. The molecule has 3 heteroatoms. The molecular weight excluding hydrogens is 236 g/mol. The number of hydrogen-bond donors (Lipinski definition) is 0. The number of nitrogens with zero attached hydrogens (tertiary/aromatic N) is 2. The molecule has 1 aromatic heterocycles. The quantitative estimate of drug-likeness (QED) is 0.773. The number of rotatable bonds is 3. The van der Waals surface area contributed by atoms with E-state index in [1.54, 1.807) is 6.20 Å². The Hall–Kier alpha value is -1.12. The second-order valence-electron chi connectivity index (χ2n) is 6.81. The van der Waals surface area contributed by atoms with Crippen molar-refractivity contribution in [3.63, 3.8) is 0 Å². The number of carbonyl (C=O) groups excluding carboxylic acids is 1. The lowest BCUT2D eigenvalue weighted by Gasteiger charge is -2.36. The van der Waals surface area contributed by atoms with E-state index in [1.165, 1.54) is 12.8 Å². The molecule has 0 radical (unpaired) electrons. The van der Waals surface area contributed by atoms with Crippen molar-refractivity contribution < 1.29 is 4.79 Å². The van der Waals surface area contributed by atoms with Gasteiger partial charge in [-0.2, -0.15) is 5.10 Å². The van der Waals surface area contributed by atoms with Crippen molar-refractivity contribution >= 4 is 5.78 Å². The summed E-state index contributed by atoms with van der Waals surface area (Å²) >= 11 is 0. The molecule has 0 bridgehead atoms. The van der Waals surface area contributed by atoms with Crippen LogP contribution >= 0.6 is 0 Å². The maximum absolute atomic E-state index is 12.5. The molecule has 106 valence electrons. The Bertz CT molecular complexity index is 434. The molecule has 0 amide bonds. The van der Waals surface area contributed by atoms with Crippen molar-refractivity contribution in [3.05, 3.63) is 18.0 Å². The van der Waals surface area contributed by atoms with Gasteiger partial charge in [0.05, 0.1) is 0 Å². The third-order valence-corrected chi connectivity index (χ3v) is 4.59. The third kappa shape index (κ3) is 3.07. The maximum atomic E-state index is 12.5. The first-order valence-electron chi connectivity index (χ1n) is 7.49. The third-order valence-electron chi connectivity index (χ3n) is 4.59. The van der Waals surface area contributed by atoms with Gasteiger partial charge in [-0.05, 0) is 50.0 Å². The van der Waals surface area contributed by atoms with E-state index < -0.39 is 0 Å². The number of aryl methyl sites for hydroxylation is 1. The summed E-state index contributed by atoms with van der Waals surface area (Å²) < 4.78 is 1.82. The lowest BCUT2D eigenvalue weighted by atomic mass is 9.69.